The van der Waals surface area contributed by atoms with E-state index in [0.717, 1.165) is 25.9 Å². The second kappa shape index (κ2) is 5.39. The molecule has 21 heavy (non-hydrogen) atoms. The number of anilines is 1. The predicted octanol–water partition coefficient (Wildman–Crippen LogP) is 2.06. The van der Waals surface area contributed by atoms with Crippen molar-refractivity contribution >= 4 is 17.5 Å². The summed E-state index contributed by atoms with van der Waals surface area (Å²) in [6.07, 6.45) is 2.84. The number of piperidine rings is 1. The summed E-state index contributed by atoms with van der Waals surface area (Å²) in [7, 11) is 1.72. The van der Waals surface area contributed by atoms with E-state index in [4.69, 9.17) is 4.74 Å². The molecule has 0 aromatic heterocycles. The van der Waals surface area contributed by atoms with Crippen LogP contribution in [0.5, 0.6) is 5.75 Å². The molecule has 2 aliphatic heterocycles. The number of hydrogen-bond donors (Lipinski definition) is 0. The van der Waals surface area contributed by atoms with Gasteiger partial charge < -0.3 is 14.5 Å². The molecule has 2 aliphatic rings. The average molecular weight is 288 g/mol. The van der Waals surface area contributed by atoms with Crippen molar-refractivity contribution < 1.29 is 14.3 Å². The monoisotopic (exact) mass is 288 g/mol. The minimum absolute atomic E-state index is 0.0389. The maximum absolute atomic E-state index is 12.5. The topological polar surface area (TPSA) is 49.9 Å². The van der Waals surface area contributed by atoms with Crippen LogP contribution in [-0.2, 0) is 4.79 Å². The van der Waals surface area contributed by atoms with Crippen LogP contribution in [0, 0.1) is 0 Å². The van der Waals surface area contributed by atoms with E-state index in [0.29, 0.717) is 17.0 Å². The zero-order valence-electron chi connectivity index (χ0n) is 12.5. The lowest BCUT2D eigenvalue weighted by atomic mass is 10.1. The summed E-state index contributed by atoms with van der Waals surface area (Å²) < 4.78 is 5.58. The van der Waals surface area contributed by atoms with Crippen molar-refractivity contribution in [2.45, 2.75) is 32.3 Å². The van der Waals surface area contributed by atoms with Crippen molar-refractivity contribution in [3.63, 3.8) is 0 Å². The van der Waals surface area contributed by atoms with Crippen molar-refractivity contribution in [2.24, 2.45) is 0 Å². The van der Waals surface area contributed by atoms with Crippen molar-refractivity contribution in [1.82, 2.24) is 4.90 Å². The maximum atomic E-state index is 12.5. The highest BCUT2D eigenvalue weighted by atomic mass is 16.5. The Hall–Kier alpha value is -2.04. The highest BCUT2D eigenvalue weighted by Crippen LogP contribution is 2.34. The number of carbonyl (C=O) groups excluding carboxylic acids is 2. The van der Waals surface area contributed by atoms with Gasteiger partial charge in [0, 0.05) is 25.7 Å². The van der Waals surface area contributed by atoms with E-state index < -0.39 is 6.10 Å². The summed E-state index contributed by atoms with van der Waals surface area (Å²) in [5, 5.41) is 0. The molecule has 5 heteroatoms. The molecule has 1 saturated heterocycles. The Morgan fingerprint density at radius 3 is 2.67 bits per heavy atom. The zero-order valence-corrected chi connectivity index (χ0v) is 12.5. The minimum Gasteiger partial charge on any atom is -0.479 e. The van der Waals surface area contributed by atoms with E-state index in [1.807, 2.05) is 4.90 Å². The average Bonchev–Trinajstić information content (AvgIpc) is 2.53. The molecule has 1 unspecified atom stereocenters. The van der Waals surface area contributed by atoms with Gasteiger partial charge >= 0.3 is 0 Å². The van der Waals surface area contributed by atoms with E-state index in [1.54, 1.807) is 37.1 Å². The number of rotatable bonds is 1. The van der Waals surface area contributed by atoms with Gasteiger partial charge in [-0.1, -0.05) is 0 Å². The molecule has 0 radical (unpaired) electrons. The number of fused-ring (bicyclic) bond motifs is 1. The van der Waals surface area contributed by atoms with Crippen molar-refractivity contribution in [1.29, 1.82) is 0 Å². The Balaban J connectivity index is 1.88. The molecule has 3 rings (SSSR count). The van der Waals surface area contributed by atoms with Gasteiger partial charge in [0.15, 0.2) is 6.10 Å². The van der Waals surface area contributed by atoms with Crippen LogP contribution in [0.4, 0.5) is 5.69 Å². The molecule has 1 atom stereocenters. The number of ether oxygens (including phenoxy) is 1. The Kier molecular flexibility index (Phi) is 3.57. The molecule has 1 aromatic carbocycles. The van der Waals surface area contributed by atoms with Gasteiger partial charge in [0.2, 0.25) is 0 Å². The summed E-state index contributed by atoms with van der Waals surface area (Å²) in [5.74, 6) is 0.599. The van der Waals surface area contributed by atoms with Gasteiger partial charge in [-0.3, -0.25) is 9.59 Å². The van der Waals surface area contributed by atoms with Gasteiger partial charge in [-0.05, 0) is 44.4 Å². The van der Waals surface area contributed by atoms with Crippen LogP contribution >= 0.6 is 0 Å². The van der Waals surface area contributed by atoms with Crippen LogP contribution < -0.4 is 9.64 Å². The first kappa shape index (κ1) is 13.9. The smallest absolute Gasteiger partial charge is 0.267 e. The van der Waals surface area contributed by atoms with Crippen LogP contribution in [0.3, 0.4) is 0 Å². The molecule has 0 spiro atoms. The second-order valence-corrected chi connectivity index (χ2v) is 5.69. The molecule has 2 heterocycles. The summed E-state index contributed by atoms with van der Waals surface area (Å²) in [6.45, 7) is 3.37. The third-order valence-electron chi connectivity index (χ3n) is 4.19. The van der Waals surface area contributed by atoms with E-state index in [2.05, 4.69) is 0 Å². The van der Waals surface area contributed by atoms with E-state index in [1.165, 1.54) is 6.42 Å². The van der Waals surface area contributed by atoms with Crippen LogP contribution in [0.25, 0.3) is 0 Å². The largest absolute Gasteiger partial charge is 0.479 e. The maximum Gasteiger partial charge on any atom is 0.267 e. The summed E-state index contributed by atoms with van der Waals surface area (Å²) >= 11 is 0. The third kappa shape index (κ3) is 2.48. The van der Waals surface area contributed by atoms with Crippen LogP contribution in [-0.4, -0.2) is 43.0 Å². The van der Waals surface area contributed by atoms with Crippen LogP contribution in [0.2, 0.25) is 0 Å². The molecule has 1 aromatic rings. The molecule has 112 valence electrons. The lowest BCUT2D eigenvalue weighted by Gasteiger charge is -2.31. The molecule has 5 nitrogen and oxygen atoms in total. The normalized spacial score (nSPS) is 21.8. The van der Waals surface area contributed by atoms with Gasteiger partial charge in [0.25, 0.3) is 11.8 Å². The SMILES string of the molecule is CC1Oc2ccc(C(=O)N3CCCCC3)cc2N(C)C1=O. The lowest BCUT2D eigenvalue weighted by molar-refractivity contribution is -0.125. The molecule has 2 amide bonds. The van der Waals surface area contributed by atoms with Crippen LogP contribution in [0.15, 0.2) is 18.2 Å². The quantitative estimate of drug-likeness (QED) is 0.794. The molecule has 0 saturated carbocycles. The highest BCUT2D eigenvalue weighted by molar-refractivity contribution is 6.02. The third-order valence-corrected chi connectivity index (χ3v) is 4.19. The van der Waals surface area contributed by atoms with E-state index in [-0.39, 0.29) is 11.8 Å². The number of nitrogens with zero attached hydrogens (tertiary/aromatic N) is 2. The molecular formula is C16H20N2O3. The van der Waals surface area contributed by atoms with Crippen molar-refractivity contribution in [2.75, 3.05) is 25.0 Å². The lowest BCUT2D eigenvalue weighted by Crippen LogP contribution is -2.42. The highest BCUT2D eigenvalue weighted by Gasteiger charge is 2.30. The number of amides is 2. The van der Waals surface area contributed by atoms with Crippen LogP contribution in [0.1, 0.15) is 36.5 Å². The van der Waals surface area contributed by atoms with Gasteiger partial charge in [-0.2, -0.15) is 0 Å². The molecule has 1 fully saturated rings. The first-order valence-electron chi connectivity index (χ1n) is 7.45. The Morgan fingerprint density at radius 2 is 1.95 bits per heavy atom. The Morgan fingerprint density at radius 1 is 1.24 bits per heavy atom. The first-order chi connectivity index (χ1) is 10.1. The molecule has 0 aliphatic carbocycles. The molecular weight excluding hydrogens is 268 g/mol. The summed E-state index contributed by atoms with van der Waals surface area (Å²) in [4.78, 5) is 28.0. The fraction of sp³-hybridized carbons (Fsp3) is 0.500. The fourth-order valence-electron chi connectivity index (χ4n) is 2.92. The minimum atomic E-state index is -0.480. The number of hydrogen-bond acceptors (Lipinski definition) is 3. The fourth-order valence-corrected chi connectivity index (χ4v) is 2.92. The number of likely N-dealkylation sites (N-methyl/N-ethyl adjacent to an activating group) is 1. The van der Waals surface area contributed by atoms with Gasteiger partial charge in [-0.25, -0.2) is 0 Å². The van der Waals surface area contributed by atoms with E-state index >= 15 is 0 Å². The zero-order chi connectivity index (χ0) is 15.0. The van der Waals surface area contributed by atoms with Gasteiger partial charge in [-0.15, -0.1) is 0 Å². The molecule has 0 bridgehead atoms. The number of likely N-dealkylation sites (tertiary alicyclic amines) is 1. The molecule has 0 N–H and O–H groups in total. The number of benzene rings is 1. The van der Waals surface area contributed by atoms with Gasteiger partial charge in [0.1, 0.15) is 5.75 Å². The standard InChI is InChI=1S/C16H20N2O3/c1-11-15(19)17(2)13-10-12(6-7-14(13)21-11)16(20)18-8-4-3-5-9-18/h6-7,10-11H,3-5,8-9H2,1-2H3. The van der Waals surface area contributed by atoms with Gasteiger partial charge in [0.05, 0.1) is 5.69 Å². The Bertz CT molecular complexity index is 579. The first-order valence-corrected chi connectivity index (χ1v) is 7.45. The number of carbonyl (C=O) groups is 2. The summed E-state index contributed by atoms with van der Waals surface area (Å²) in [5.41, 5.74) is 1.29. The predicted molar refractivity (Wildman–Crippen MR) is 79.7 cm³/mol. The second-order valence-electron chi connectivity index (χ2n) is 5.69. The van der Waals surface area contributed by atoms with Crippen molar-refractivity contribution in [3.8, 4) is 5.75 Å². The van der Waals surface area contributed by atoms with E-state index in [9.17, 15) is 9.59 Å². The Labute approximate surface area is 124 Å². The van der Waals surface area contributed by atoms with Crippen molar-refractivity contribution in [3.05, 3.63) is 23.8 Å². The summed E-state index contributed by atoms with van der Waals surface area (Å²) in [6, 6.07) is 5.33.